The highest BCUT2D eigenvalue weighted by atomic mass is 19.1. The molecule has 7 rings (SSSR count). The van der Waals surface area contributed by atoms with E-state index in [1.54, 1.807) is 6.07 Å². The molecule has 166 valence electrons. The second-order valence-corrected chi connectivity index (χ2v) is 10.5. The highest BCUT2D eigenvalue weighted by Gasteiger charge is 2.58. The minimum absolute atomic E-state index is 0.0788. The molecule has 1 aromatic rings. The van der Waals surface area contributed by atoms with E-state index in [9.17, 15) is 14.7 Å². The van der Waals surface area contributed by atoms with Crippen molar-refractivity contribution in [3.8, 4) is 5.75 Å². The van der Waals surface area contributed by atoms with Crippen molar-refractivity contribution in [1.82, 2.24) is 4.90 Å². The number of hydrogen-bond donors (Lipinski definition) is 1. The first-order chi connectivity index (χ1) is 14.9. The van der Waals surface area contributed by atoms with Crippen molar-refractivity contribution < 1.29 is 28.6 Å². The normalized spacial score (nSPS) is 35.7. The molecule has 1 aliphatic heterocycles. The fourth-order valence-corrected chi connectivity index (χ4v) is 7.00. The summed E-state index contributed by atoms with van der Waals surface area (Å²) < 4.78 is 26.5. The van der Waals surface area contributed by atoms with Crippen molar-refractivity contribution in [2.24, 2.45) is 23.2 Å². The van der Waals surface area contributed by atoms with Crippen molar-refractivity contribution in [3.63, 3.8) is 0 Å². The number of nitrogens with zero attached hydrogens (tertiary/aromatic N) is 1. The number of rotatable bonds is 6. The van der Waals surface area contributed by atoms with Gasteiger partial charge < -0.3 is 14.6 Å². The topological polar surface area (TPSA) is 76.1 Å². The fraction of sp³-hybridized carbons (Fsp3) is 0.667. The summed E-state index contributed by atoms with van der Waals surface area (Å²) in [4.78, 5) is 25.4. The van der Waals surface area contributed by atoms with Gasteiger partial charge in [-0.2, -0.15) is 0 Å². The summed E-state index contributed by atoms with van der Waals surface area (Å²) in [6.45, 7) is 0.418. The molecule has 5 aliphatic carbocycles. The van der Waals surface area contributed by atoms with E-state index in [1.165, 1.54) is 38.2 Å². The lowest BCUT2D eigenvalue weighted by molar-refractivity contribution is -0.141. The molecule has 1 amide bonds. The zero-order chi connectivity index (χ0) is 21.3. The van der Waals surface area contributed by atoms with Gasteiger partial charge >= 0.3 is 5.97 Å². The summed E-state index contributed by atoms with van der Waals surface area (Å²) in [6, 6.07) is 1.86. The maximum absolute atomic E-state index is 15.1. The van der Waals surface area contributed by atoms with Gasteiger partial charge in [-0.1, -0.05) is 0 Å². The van der Waals surface area contributed by atoms with Crippen LogP contribution in [-0.2, 0) is 9.53 Å². The summed E-state index contributed by atoms with van der Waals surface area (Å²) in [5, 5.41) is 9.33. The minimum Gasteiger partial charge on any atom is -0.493 e. The first-order valence-corrected chi connectivity index (χ1v) is 11.5. The number of hydrogen-bond acceptors (Lipinski definition) is 4. The zero-order valence-electron chi connectivity index (χ0n) is 17.5. The maximum Gasteiger partial charge on any atom is 0.328 e. The fourth-order valence-electron chi connectivity index (χ4n) is 7.00. The molecule has 7 heteroatoms. The summed E-state index contributed by atoms with van der Waals surface area (Å²) in [5.41, 5.74) is 1.04. The molecule has 0 spiro atoms. The van der Waals surface area contributed by atoms with Crippen LogP contribution in [-0.4, -0.2) is 47.9 Å². The molecule has 1 N–H and O–H groups in total. The Bertz CT molecular complexity index is 930. The third-order valence-electron chi connectivity index (χ3n) is 8.45. The molecule has 0 aromatic heterocycles. The predicted octanol–water partition coefficient (Wildman–Crippen LogP) is 3.79. The van der Waals surface area contributed by atoms with Crippen LogP contribution in [0.1, 0.15) is 66.8 Å². The van der Waals surface area contributed by atoms with Crippen LogP contribution >= 0.6 is 0 Å². The number of carbonyl (C=O) groups excluding carboxylic acids is 1. The Balaban J connectivity index is 1.25. The van der Waals surface area contributed by atoms with Crippen LogP contribution in [0, 0.1) is 29.0 Å². The molecule has 3 atom stereocenters. The summed E-state index contributed by atoms with van der Waals surface area (Å²) >= 11 is 0. The van der Waals surface area contributed by atoms with E-state index in [4.69, 9.17) is 9.47 Å². The van der Waals surface area contributed by atoms with Gasteiger partial charge in [-0.05, 0) is 80.2 Å². The number of aliphatic carboxylic acids is 1. The first kappa shape index (κ1) is 19.5. The van der Waals surface area contributed by atoms with Crippen LogP contribution in [0.2, 0.25) is 0 Å². The molecule has 6 aliphatic rings. The number of amides is 1. The average Bonchev–Trinajstić information content (AvgIpc) is 3.32. The highest BCUT2D eigenvalue weighted by Crippen LogP contribution is 2.65. The van der Waals surface area contributed by atoms with E-state index < -0.39 is 23.7 Å². The van der Waals surface area contributed by atoms with Crippen molar-refractivity contribution in [2.45, 2.75) is 56.9 Å². The molecule has 4 bridgehead atoms. The number of benzene rings is 1. The van der Waals surface area contributed by atoms with E-state index in [2.05, 4.69) is 0 Å². The van der Waals surface area contributed by atoms with Crippen molar-refractivity contribution >= 4 is 11.9 Å². The second kappa shape index (κ2) is 6.92. The van der Waals surface area contributed by atoms with Crippen LogP contribution in [0.25, 0.3) is 0 Å². The standard InChI is InChI=1S/C24H28FNO5/c25-19-7-21(31-11-24-8-13-3-14(9-24)5-16(24)4-13)17(15-1-2-15)6-18(19)22(27)26-12-30-10-20(26)23(28)29/h6-7,13-16,20H,1-5,8-12H2,(H,28,29)/t13?,14?,16?,20-,24?/m0/s1. The van der Waals surface area contributed by atoms with Crippen LogP contribution in [0.4, 0.5) is 4.39 Å². The van der Waals surface area contributed by atoms with Crippen molar-refractivity contribution in [1.29, 1.82) is 0 Å². The molecular weight excluding hydrogens is 401 g/mol. The lowest BCUT2D eigenvalue weighted by atomic mass is 9.76. The Morgan fingerprint density at radius 2 is 1.94 bits per heavy atom. The largest absolute Gasteiger partial charge is 0.493 e. The summed E-state index contributed by atoms with van der Waals surface area (Å²) in [5.74, 6) is 0.821. The van der Waals surface area contributed by atoms with Gasteiger partial charge in [0, 0.05) is 11.5 Å². The summed E-state index contributed by atoms with van der Waals surface area (Å²) in [7, 11) is 0. The Kier molecular flexibility index (Phi) is 4.36. The van der Waals surface area contributed by atoms with Gasteiger partial charge in [0.15, 0.2) is 6.04 Å². The maximum atomic E-state index is 15.1. The van der Waals surface area contributed by atoms with Crippen LogP contribution in [0.3, 0.4) is 0 Å². The molecule has 0 radical (unpaired) electrons. The Hall–Kier alpha value is -2.15. The smallest absolute Gasteiger partial charge is 0.328 e. The molecule has 1 aromatic carbocycles. The van der Waals surface area contributed by atoms with E-state index in [-0.39, 0.29) is 30.2 Å². The van der Waals surface area contributed by atoms with Gasteiger partial charge in [-0.15, -0.1) is 0 Å². The Labute approximate surface area is 180 Å². The number of carbonyl (C=O) groups is 2. The van der Waals surface area contributed by atoms with Crippen molar-refractivity contribution in [3.05, 3.63) is 29.1 Å². The van der Waals surface area contributed by atoms with Crippen LogP contribution in [0.15, 0.2) is 12.1 Å². The third-order valence-corrected chi connectivity index (χ3v) is 8.45. The van der Waals surface area contributed by atoms with Crippen LogP contribution < -0.4 is 4.74 Å². The average molecular weight is 429 g/mol. The number of ether oxygens (including phenoxy) is 2. The predicted molar refractivity (Wildman–Crippen MR) is 108 cm³/mol. The number of carboxylic acid groups (broad SMARTS) is 1. The lowest BCUT2D eigenvalue weighted by Crippen LogP contribution is -2.42. The van der Waals surface area contributed by atoms with Crippen LogP contribution in [0.5, 0.6) is 5.75 Å². The molecule has 1 heterocycles. The third kappa shape index (κ3) is 3.15. The van der Waals surface area contributed by atoms with Gasteiger partial charge in [-0.25, -0.2) is 9.18 Å². The van der Waals surface area contributed by atoms with Gasteiger partial charge in [0.1, 0.15) is 18.3 Å². The molecule has 31 heavy (non-hydrogen) atoms. The zero-order valence-corrected chi connectivity index (χ0v) is 17.5. The Morgan fingerprint density at radius 3 is 2.61 bits per heavy atom. The quantitative estimate of drug-likeness (QED) is 0.745. The van der Waals surface area contributed by atoms with E-state index in [1.807, 2.05) is 0 Å². The SMILES string of the molecule is O=C(O)[C@@H]1COCN1C(=O)c1cc(C2CC2)c(OCC23CC4CC(CC2C4)C3)cc1F. The summed E-state index contributed by atoms with van der Waals surface area (Å²) in [6.07, 6.45) is 8.47. The van der Waals surface area contributed by atoms with Gasteiger partial charge in [0.05, 0.1) is 18.8 Å². The molecule has 6 nitrogen and oxygen atoms in total. The number of halogens is 1. The van der Waals surface area contributed by atoms with Gasteiger partial charge in [-0.3, -0.25) is 9.69 Å². The first-order valence-electron chi connectivity index (χ1n) is 11.5. The van der Waals surface area contributed by atoms with E-state index in [0.29, 0.717) is 12.4 Å². The minimum atomic E-state index is -1.14. The molecule has 2 unspecified atom stereocenters. The van der Waals surface area contributed by atoms with Crippen molar-refractivity contribution in [2.75, 3.05) is 19.9 Å². The van der Waals surface area contributed by atoms with Gasteiger partial charge in [0.2, 0.25) is 0 Å². The lowest BCUT2D eigenvalue weighted by Gasteiger charge is -2.33. The molecular formula is C24H28FNO5. The van der Waals surface area contributed by atoms with E-state index in [0.717, 1.165) is 41.1 Å². The number of carboxylic acids is 1. The molecule has 1 saturated heterocycles. The molecule has 5 saturated carbocycles. The van der Waals surface area contributed by atoms with E-state index >= 15 is 4.39 Å². The highest BCUT2D eigenvalue weighted by molar-refractivity contribution is 5.97. The monoisotopic (exact) mass is 429 g/mol. The Morgan fingerprint density at radius 1 is 1.19 bits per heavy atom. The molecule has 6 fully saturated rings. The second-order valence-electron chi connectivity index (χ2n) is 10.5. The van der Waals surface area contributed by atoms with Gasteiger partial charge in [0.25, 0.3) is 5.91 Å².